The van der Waals surface area contributed by atoms with Crippen molar-refractivity contribution in [2.24, 2.45) is 5.41 Å². The largest absolute Gasteiger partial charge is 0.388 e. The summed E-state index contributed by atoms with van der Waals surface area (Å²) in [5.74, 6) is 0.934. The van der Waals surface area contributed by atoms with Crippen molar-refractivity contribution in [1.82, 2.24) is 0 Å². The van der Waals surface area contributed by atoms with Crippen molar-refractivity contribution in [3.05, 3.63) is 0 Å². The highest BCUT2D eigenvalue weighted by Gasteiger charge is 2.26. The molecule has 0 radical (unpaired) electrons. The quantitative estimate of drug-likeness (QED) is 0.608. The lowest BCUT2D eigenvalue weighted by Gasteiger charge is -2.23. The Morgan fingerprint density at radius 2 is 1.70 bits per heavy atom. The fraction of sp³-hybridized carbons (Fsp3) is 1.00. The van der Waals surface area contributed by atoms with Gasteiger partial charge in [-0.15, -0.1) is 0 Å². The van der Waals surface area contributed by atoms with Gasteiger partial charge in [0.25, 0.3) is 0 Å². The van der Waals surface area contributed by atoms with Gasteiger partial charge in [0.05, 0.1) is 12.5 Å². The topological polar surface area (TPSA) is 20.2 Å². The molecule has 62 valence electrons. The highest BCUT2D eigenvalue weighted by atomic mass is 32.2. The van der Waals surface area contributed by atoms with Gasteiger partial charge in [0.2, 0.25) is 0 Å². The van der Waals surface area contributed by atoms with Crippen LogP contribution < -0.4 is 0 Å². The van der Waals surface area contributed by atoms with E-state index in [4.69, 9.17) is 0 Å². The van der Waals surface area contributed by atoms with E-state index in [1.165, 1.54) is 0 Å². The number of aliphatic hydroxyl groups excluding tert-OH is 1. The number of aliphatic hydroxyl groups is 1. The van der Waals surface area contributed by atoms with Crippen LogP contribution in [0.1, 0.15) is 20.8 Å². The van der Waals surface area contributed by atoms with Gasteiger partial charge >= 0.3 is 0 Å². The van der Waals surface area contributed by atoms with Crippen molar-refractivity contribution in [1.29, 1.82) is 0 Å². The van der Waals surface area contributed by atoms with E-state index >= 15 is 0 Å². The Morgan fingerprint density at radius 1 is 1.30 bits per heavy atom. The molecule has 0 spiro atoms. The molecule has 0 aromatic carbocycles. The smallest absolute Gasteiger partial charge is 0.133 e. The Balaban J connectivity index is 3.73. The minimum Gasteiger partial charge on any atom is -0.388 e. The van der Waals surface area contributed by atoms with Crippen LogP contribution in [0.25, 0.3) is 0 Å². The molecule has 0 rings (SSSR count). The lowest BCUT2D eigenvalue weighted by Crippen LogP contribution is -2.32. The Kier molecular flexibility index (Phi) is 3.74. The van der Waals surface area contributed by atoms with Crippen LogP contribution in [0.2, 0.25) is 0 Å². The first-order valence-corrected chi connectivity index (χ1v) is 5.77. The van der Waals surface area contributed by atoms with E-state index in [1.54, 1.807) is 0 Å². The minimum absolute atomic E-state index is 0.0528. The Hall–Kier alpha value is 0.310. The molecule has 2 heteroatoms. The van der Waals surface area contributed by atoms with E-state index in [9.17, 15) is 5.11 Å². The van der Waals surface area contributed by atoms with Gasteiger partial charge in [-0.2, -0.15) is 0 Å². The summed E-state index contributed by atoms with van der Waals surface area (Å²) in [4.78, 5) is 0. The van der Waals surface area contributed by atoms with Crippen LogP contribution in [-0.4, -0.2) is 29.5 Å². The predicted octanol–water partition coefficient (Wildman–Crippen LogP) is 1.27. The van der Waals surface area contributed by atoms with Gasteiger partial charge in [-0.3, -0.25) is 0 Å². The predicted molar refractivity (Wildman–Crippen MR) is 49.5 cm³/mol. The molecule has 0 aliphatic rings. The van der Waals surface area contributed by atoms with Crippen LogP contribution in [0.15, 0.2) is 0 Å². The molecule has 0 bridgehead atoms. The summed E-state index contributed by atoms with van der Waals surface area (Å²) in [6.45, 7) is 6.22. The molecule has 0 heterocycles. The Morgan fingerprint density at radius 3 is 1.80 bits per heavy atom. The first kappa shape index (κ1) is 10.3. The molecule has 1 atom stereocenters. The van der Waals surface area contributed by atoms with E-state index in [0.717, 1.165) is 5.75 Å². The lowest BCUT2D eigenvalue weighted by molar-refractivity contribution is 0.0838. The standard InChI is InChI=1S/C8H19OS/c1-8(2,3)7(9)6-10(4)5/h7,9H,6H2,1-5H3/q+1. The number of rotatable bonds is 2. The second kappa shape index (κ2) is 3.63. The molecule has 0 fully saturated rings. The molecule has 1 unspecified atom stereocenters. The van der Waals surface area contributed by atoms with E-state index < -0.39 is 0 Å². The molecule has 10 heavy (non-hydrogen) atoms. The minimum atomic E-state index is -0.147. The molecule has 0 amide bonds. The summed E-state index contributed by atoms with van der Waals surface area (Å²) < 4.78 is 0. The Bertz CT molecular complexity index is 93.9. The maximum absolute atomic E-state index is 9.56. The normalized spacial score (nSPS) is 15.9. The average Bonchev–Trinajstić information content (AvgIpc) is 1.60. The van der Waals surface area contributed by atoms with Gasteiger partial charge in [0, 0.05) is 0 Å². The van der Waals surface area contributed by atoms with E-state index in [-0.39, 0.29) is 11.5 Å². The lowest BCUT2D eigenvalue weighted by atomic mass is 9.90. The SMILES string of the molecule is C[S+](C)CC(O)C(C)(C)C. The fourth-order valence-electron chi connectivity index (χ4n) is 0.566. The van der Waals surface area contributed by atoms with Crippen LogP contribution in [0.5, 0.6) is 0 Å². The van der Waals surface area contributed by atoms with Gasteiger partial charge < -0.3 is 5.11 Å². The first-order valence-electron chi connectivity index (χ1n) is 3.56. The molecule has 0 aliphatic carbocycles. The zero-order valence-electron chi connectivity index (χ0n) is 7.64. The van der Waals surface area contributed by atoms with Crippen LogP contribution in [0.3, 0.4) is 0 Å². The van der Waals surface area contributed by atoms with Crippen molar-refractivity contribution < 1.29 is 5.11 Å². The third-order valence-corrected chi connectivity index (χ3v) is 2.47. The zero-order valence-corrected chi connectivity index (χ0v) is 8.46. The third kappa shape index (κ3) is 4.18. The average molecular weight is 163 g/mol. The highest BCUT2D eigenvalue weighted by Crippen LogP contribution is 2.19. The van der Waals surface area contributed by atoms with Gasteiger partial charge in [-0.05, 0) is 16.3 Å². The van der Waals surface area contributed by atoms with E-state index in [0.29, 0.717) is 10.9 Å². The highest BCUT2D eigenvalue weighted by molar-refractivity contribution is 7.95. The van der Waals surface area contributed by atoms with Crippen LogP contribution in [-0.2, 0) is 10.9 Å². The van der Waals surface area contributed by atoms with Gasteiger partial charge in [-0.1, -0.05) is 20.8 Å². The van der Waals surface area contributed by atoms with Crippen LogP contribution in [0, 0.1) is 5.41 Å². The molecule has 0 saturated carbocycles. The van der Waals surface area contributed by atoms with Crippen LogP contribution in [0.4, 0.5) is 0 Å². The van der Waals surface area contributed by atoms with Crippen molar-refractivity contribution >= 4 is 10.9 Å². The second-order valence-corrected chi connectivity index (χ2v) is 6.34. The zero-order chi connectivity index (χ0) is 8.36. The summed E-state index contributed by atoms with van der Waals surface area (Å²) in [5.41, 5.74) is 0.0528. The molecular weight excluding hydrogens is 144 g/mol. The maximum atomic E-state index is 9.56. The summed E-state index contributed by atoms with van der Waals surface area (Å²) in [6.07, 6.45) is 4.18. The van der Waals surface area contributed by atoms with E-state index in [1.807, 2.05) is 0 Å². The van der Waals surface area contributed by atoms with E-state index in [2.05, 4.69) is 33.3 Å². The summed E-state index contributed by atoms with van der Waals surface area (Å²) in [6, 6.07) is 0. The molecule has 0 aromatic heterocycles. The van der Waals surface area contributed by atoms with Crippen molar-refractivity contribution in [3.8, 4) is 0 Å². The Labute approximate surface area is 67.2 Å². The van der Waals surface area contributed by atoms with Gasteiger partial charge in [-0.25, -0.2) is 0 Å². The number of hydrogen-bond donors (Lipinski definition) is 1. The van der Waals surface area contributed by atoms with Crippen LogP contribution >= 0.6 is 0 Å². The van der Waals surface area contributed by atoms with Crippen molar-refractivity contribution in [3.63, 3.8) is 0 Å². The maximum Gasteiger partial charge on any atom is 0.133 e. The summed E-state index contributed by atoms with van der Waals surface area (Å²) >= 11 is 0. The monoisotopic (exact) mass is 163 g/mol. The molecular formula is C8H19OS+. The molecule has 1 N–H and O–H groups in total. The third-order valence-electron chi connectivity index (χ3n) is 1.49. The number of hydrogen-bond acceptors (Lipinski definition) is 1. The molecule has 1 nitrogen and oxygen atoms in total. The van der Waals surface area contributed by atoms with Gasteiger partial charge in [0.15, 0.2) is 0 Å². The fourth-order valence-corrected chi connectivity index (χ4v) is 1.70. The summed E-state index contributed by atoms with van der Waals surface area (Å²) in [5, 5.41) is 9.56. The second-order valence-electron chi connectivity index (χ2n) is 4.03. The molecule has 0 aliphatic heterocycles. The molecule has 0 saturated heterocycles. The van der Waals surface area contributed by atoms with Gasteiger partial charge in [0.1, 0.15) is 11.9 Å². The first-order chi connectivity index (χ1) is 4.34. The summed E-state index contributed by atoms with van der Waals surface area (Å²) in [7, 11) is 0.358. The van der Waals surface area contributed by atoms with Crippen molar-refractivity contribution in [2.75, 3.05) is 18.3 Å². The molecule has 0 aromatic rings. The van der Waals surface area contributed by atoms with Crippen molar-refractivity contribution in [2.45, 2.75) is 26.9 Å².